The topological polar surface area (TPSA) is 81.2 Å². The Morgan fingerprint density at radius 1 is 1.43 bits per heavy atom. The molecule has 0 aliphatic carbocycles. The van der Waals surface area contributed by atoms with E-state index in [1.807, 2.05) is 0 Å². The average molecular weight is 195 g/mol. The van der Waals surface area contributed by atoms with E-state index in [9.17, 15) is 0 Å². The molecule has 0 saturated carbocycles. The van der Waals surface area contributed by atoms with Crippen LogP contribution >= 0.6 is 0 Å². The van der Waals surface area contributed by atoms with Gasteiger partial charge in [-0.25, -0.2) is 4.98 Å². The molecule has 5 nitrogen and oxygen atoms in total. The summed E-state index contributed by atoms with van der Waals surface area (Å²) in [5, 5.41) is 7.12. The first-order valence-electron chi connectivity index (χ1n) is 4.08. The van der Waals surface area contributed by atoms with Crippen molar-refractivity contribution >= 4 is 5.84 Å². The SMILES string of the molecule is COc1ccc(CC(=N)N)nc1OC. The molecular formula is C9H13N3O2. The number of nitrogens with one attached hydrogen (secondary N) is 1. The quantitative estimate of drug-likeness (QED) is 0.544. The van der Waals surface area contributed by atoms with Crippen LogP contribution in [-0.4, -0.2) is 25.0 Å². The van der Waals surface area contributed by atoms with Gasteiger partial charge in [-0.15, -0.1) is 0 Å². The minimum absolute atomic E-state index is 0.0738. The minimum Gasteiger partial charge on any atom is -0.491 e. The van der Waals surface area contributed by atoms with Crippen LogP contribution in [-0.2, 0) is 6.42 Å². The van der Waals surface area contributed by atoms with Crippen LogP contribution in [0.15, 0.2) is 12.1 Å². The molecule has 5 heteroatoms. The fourth-order valence-corrected chi connectivity index (χ4v) is 1.06. The zero-order chi connectivity index (χ0) is 10.6. The number of rotatable bonds is 4. The van der Waals surface area contributed by atoms with Crippen molar-refractivity contribution in [3.63, 3.8) is 0 Å². The predicted molar refractivity (Wildman–Crippen MR) is 53.0 cm³/mol. The van der Waals surface area contributed by atoms with Gasteiger partial charge in [0.25, 0.3) is 5.88 Å². The summed E-state index contributed by atoms with van der Waals surface area (Å²) in [5.41, 5.74) is 5.95. The highest BCUT2D eigenvalue weighted by molar-refractivity contribution is 5.79. The number of amidine groups is 1. The molecule has 0 atom stereocenters. The van der Waals surface area contributed by atoms with E-state index >= 15 is 0 Å². The Kier molecular flexibility index (Phi) is 3.28. The first-order chi connectivity index (χ1) is 6.67. The van der Waals surface area contributed by atoms with E-state index in [1.165, 1.54) is 7.11 Å². The number of methoxy groups -OCH3 is 2. The van der Waals surface area contributed by atoms with Crippen molar-refractivity contribution in [3.05, 3.63) is 17.8 Å². The van der Waals surface area contributed by atoms with Gasteiger partial charge in [0, 0.05) is 6.42 Å². The fourth-order valence-electron chi connectivity index (χ4n) is 1.06. The van der Waals surface area contributed by atoms with Gasteiger partial charge < -0.3 is 15.2 Å². The maximum Gasteiger partial charge on any atom is 0.256 e. The van der Waals surface area contributed by atoms with E-state index in [0.717, 1.165) is 0 Å². The summed E-state index contributed by atoms with van der Waals surface area (Å²) in [6.45, 7) is 0. The molecule has 1 aromatic rings. The molecule has 1 rings (SSSR count). The Bertz CT molecular complexity index is 339. The summed E-state index contributed by atoms with van der Waals surface area (Å²) in [5.74, 6) is 1.05. The summed E-state index contributed by atoms with van der Waals surface area (Å²) in [4.78, 5) is 4.13. The standard InChI is InChI=1S/C9H13N3O2/c1-13-7-4-3-6(5-8(10)11)12-9(7)14-2/h3-4H,5H2,1-2H3,(H3,10,11). The summed E-state index contributed by atoms with van der Waals surface area (Å²) >= 11 is 0. The van der Waals surface area contributed by atoms with Gasteiger partial charge in [0.05, 0.1) is 25.7 Å². The second-order valence-electron chi connectivity index (χ2n) is 2.72. The van der Waals surface area contributed by atoms with Crippen LogP contribution in [0.25, 0.3) is 0 Å². The van der Waals surface area contributed by atoms with Crippen molar-refractivity contribution in [3.8, 4) is 11.6 Å². The smallest absolute Gasteiger partial charge is 0.256 e. The summed E-state index contributed by atoms with van der Waals surface area (Å²) in [6.07, 6.45) is 0.320. The molecule has 14 heavy (non-hydrogen) atoms. The third kappa shape index (κ3) is 2.35. The van der Waals surface area contributed by atoms with Crippen molar-refractivity contribution in [2.24, 2.45) is 5.73 Å². The van der Waals surface area contributed by atoms with E-state index in [4.69, 9.17) is 20.6 Å². The highest BCUT2D eigenvalue weighted by Gasteiger charge is 2.06. The van der Waals surface area contributed by atoms with Gasteiger partial charge in [-0.2, -0.15) is 0 Å². The molecule has 0 fully saturated rings. The zero-order valence-corrected chi connectivity index (χ0v) is 8.20. The maximum absolute atomic E-state index is 7.12. The molecule has 0 radical (unpaired) electrons. The first-order valence-corrected chi connectivity index (χ1v) is 4.08. The fraction of sp³-hybridized carbons (Fsp3) is 0.333. The molecule has 0 spiro atoms. The minimum atomic E-state index is 0.0738. The number of nitrogens with zero attached hydrogens (tertiary/aromatic N) is 1. The third-order valence-electron chi connectivity index (χ3n) is 1.67. The molecule has 0 aliphatic rings. The number of pyridine rings is 1. The van der Waals surface area contributed by atoms with Gasteiger partial charge in [-0.05, 0) is 12.1 Å². The van der Waals surface area contributed by atoms with Crippen LogP contribution in [0.4, 0.5) is 0 Å². The van der Waals surface area contributed by atoms with Gasteiger partial charge in [0.1, 0.15) is 0 Å². The van der Waals surface area contributed by atoms with Crippen LogP contribution in [0.2, 0.25) is 0 Å². The summed E-state index contributed by atoms with van der Waals surface area (Å²) in [7, 11) is 3.06. The molecule has 0 bridgehead atoms. The first kappa shape index (κ1) is 10.3. The number of ether oxygens (including phenoxy) is 2. The van der Waals surface area contributed by atoms with Crippen LogP contribution in [0, 0.1) is 5.41 Å². The largest absolute Gasteiger partial charge is 0.491 e. The Hall–Kier alpha value is -1.78. The summed E-state index contributed by atoms with van der Waals surface area (Å²) in [6, 6.07) is 3.49. The second-order valence-corrected chi connectivity index (χ2v) is 2.72. The maximum atomic E-state index is 7.12. The van der Waals surface area contributed by atoms with Crippen molar-refractivity contribution in [1.82, 2.24) is 4.98 Å². The van der Waals surface area contributed by atoms with Gasteiger partial charge in [0.15, 0.2) is 5.75 Å². The lowest BCUT2D eigenvalue weighted by Gasteiger charge is -2.07. The molecule has 0 saturated heterocycles. The highest BCUT2D eigenvalue weighted by Crippen LogP contribution is 2.23. The lowest BCUT2D eigenvalue weighted by Crippen LogP contribution is -2.13. The second kappa shape index (κ2) is 4.45. The number of hydrogen-bond donors (Lipinski definition) is 2. The Balaban J connectivity index is 2.95. The summed E-state index contributed by atoms with van der Waals surface area (Å²) < 4.78 is 10.0. The molecule has 3 N–H and O–H groups in total. The molecule has 0 amide bonds. The van der Waals surface area contributed by atoms with Crippen molar-refractivity contribution in [2.75, 3.05) is 14.2 Å². The van der Waals surface area contributed by atoms with Crippen LogP contribution < -0.4 is 15.2 Å². The van der Waals surface area contributed by atoms with Gasteiger partial charge in [-0.1, -0.05) is 0 Å². The Morgan fingerprint density at radius 2 is 2.14 bits per heavy atom. The van der Waals surface area contributed by atoms with Crippen molar-refractivity contribution < 1.29 is 9.47 Å². The highest BCUT2D eigenvalue weighted by atomic mass is 16.5. The van der Waals surface area contributed by atoms with Crippen LogP contribution in [0.3, 0.4) is 0 Å². The normalized spacial score (nSPS) is 9.57. The average Bonchev–Trinajstić information content (AvgIpc) is 2.16. The van der Waals surface area contributed by atoms with E-state index in [-0.39, 0.29) is 5.84 Å². The number of nitrogens with two attached hydrogens (primary N) is 1. The van der Waals surface area contributed by atoms with Crippen molar-refractivity contribution in [1.29, 1.82) is 5.41 Å². The Morgan fingerprint density at radius 3 is 2.64 bits per heavy atom. The van der Waals surface area contributed by atoms with E-state index < -0.39 is 0 Å². The molecule has 1 aromatic heterocycles. The third-order valence-corrected chi connectivity index (χ3v) is 1.67. The lowest BCUT2D eigenvalue weighted by molar-refractivity contribution is 0.342. The molecular weight excluding hydrogens is 182 g/mol. The molecule has 0 aromatic carbocycles. The molecule has 76 valence electrons. The number of aromatic nitrogens is 1. The zero-order valence-electron chi connectivity index (χ0n) is 8.20. The Labute approximate surface area is 82.4 Å². The van der Waals surface area contributed by atoms with Crippen LogP contribution in [0.1, 0.15) is 5.69 Å². The van der Waals surface area contributed by atoms with E-state index in [1.54, 1.807) is 19.2 Å². The van der Waals surface area contributed by atoms with E-state index in [2.05, 4.69) is 4.98 Å². The number of hydrogen-bond acceptors (Lipinski definition) is 4. The predicted octanol–water partition coefficient (Wildman–Crippen LogP) is 0.577. The lowest BCUT2D eigenvalue weighted by atomic mass is 10.2. The van der Waals surface area contributed by atoms with Gasteiger partial charge >= 0.3 is 0 Å². The van der Waals surface area contributed by atoms with Crippen LogP contribution in [0.5, 0.6) is 11.6 Å². The molecule has 0 unspecified atom stereocenters. The molecule has 0 aliphatic heterocycles. The van der Waals surface area contributed by atoms with Gasteiger partial charge in [0.2, 0.25) is 0 Å². The van der Waals surface area contributed by atoms with Gasteiger partial charge in [-0.3, -0.25) is 5.41 Å². The monoisotopic (exact) mass is 195 g/mol. The van der Waals surface area contributed by atoms with E-state index in [0.29, 0.717) is 23.7 Å². The van der Waals surface area contributed by atoms with Crippen molar-refractivity contribution in [2.45, 2.75) is 6.42 Å². The molecule has 1 heterocycles.